The highest BCUT2D eigenvalue weighted by molar-refractivity contribution is 5.42. The van der Waals surface area contributed by atoms with Crippen LogP contribution in [0.15, 0.2) is 65.9 Å². The molecule has 2 N–H and O–H groups in total. The van der Waals surface area contributed by atoms with Gasteiger partial charge in [0.15, 0.2) is 0 Å². The van der Waals surface area contributed by atoms with Gasteiger partial charge < -0.3 is 10.4 Å². The van der Waals surface area contributed by atoms with Crippen LogP contribution in [-0.2, 0) is 0 Å². The van der Waals surface area contributed by atoms with Crippen molar-refractivity contribution in [3.8, 4) is 0 Å². The van der Waals surface area contributed by atoms with Crippen LogP contribution in [0.2, 0.25) is 0 Å². The molecule has 0 fully saturated rings. The van der Waals surface area contributed by atoms with Crippen LogP contribution >= 0.6 is 0 Å². The van der Waals surface area contributed by atoms with Gasteiger partial charge >= 0.3 is 0 Å². The summed E-state index contributed by atoms with van der Waals surface area (Å²) in [7, 11) is 0. The maximum absolute atomic E-state index is 10.7. The molecule has 0 aromatic heterocycles. The van der Waals surface area contributed by atoms with Crippen molar-refractivity contribution in [1.29, 1.82) is 0 Å². The number of aliphatic hydroxyl groups is 1. The second-order valence-corrected chi connectivity index (χ2v) is 4.86. The smallest absolute Gasteiger partial charge is 0.249 e. The van der Waals surface area contributed by atoms with Crippen LogP contribution < -0.4 is 5.32 Å². The Hall–Kier alpha value is -2.40. The van der Waals surface area contributed by atoms with Gasteiger partial charge in [-0.25, -0.2) is 0 Å². The molecule has 110 valence electrons. The zero-order chi connectivity index (χ0) is 15.1. The molecule has 1 atom stereocenters. The van der Waals surface area contributed by atoms with Crippen LogP contribution in [0.3, 0.4) is 0 Å². The summed E-state index contributed by atoms with van der Waals surface area (Å²) in [5.74, 6) is 0. The van der Waals surface area contributed by atoms with E-state index in [2.05, 4.69) is 5.32 Å². The second-order valence-electron chi connectivity index (χ2n) is 4.86. The van der Waals surface area contributed by atoms with E-state index in [0.29, 0.717) is 13.0 Å². The first-order valence-corrected chi connectivity index (χ1v) is 6.83. The van der Waals surface area contributed by atoms with Crippen molar-refractivity contribution in [2.75, 3.05) is 11.9 Å². The number of aliphatic hydroxyl groups excluding tert-OH is 1. The van der Waals surface area contributed by atoms with Gasteiger partial charge in [-0.3, -0.25) is 10.1 Å². The lowest BCUT2D eigenvalue weighted by molar-refractivity contribution is -0.426. The Kier molecular flexibility index (Phi) is 5.29. The van der Waals surface area contributed by atoms with Crippen LogP contribution in [0, 0.1) is 10.1 Å². The van der Waals surface area contributed by atoms with E-state index < -0.39 is 6.10 Å². The average Bonchev–Trinajstić information content (AvgIpc) is 2.72. The molecule has 1 aromatic carbocycles. The molecule has 0 radical (unpaired) electrons. The molecule has 0 saturated carbocycles. The Balaban J connectivity index is 1.83. The van der Waals surface area contributed by atoms with E-state index in [-0.39, 0.29) is 17.0 Å². The van der Waals surface area contributed by atoms with E-state index in [1.165, 1.54) is 6.08 Å². The minimum Gasteiger partial charge on any atom is -0.391 e. The summed E-state index contributed by atoms with van der Waals surface area (Å²) in [6.45, 7) is 0.435. The SMILES string of the molecule is O=[N+]([O-])C1=CC=CC(CC(O)CNc2ccccc2)=CC1. The number of nitrogens with one attached hydrogen (secondary N) is 1. The first kappa shape index (κ1) is 15.0. The number of nitro groups is 1. The quantitative estimate of drug-likeness (QED) is 0.623. The number of rotatable bonds is 6. The molecule has 5 nitrogen and oxygen atoms in total. The molecule has 0 amide bonds. The fourth-order valence-electron chi connectivity index (χ4n) is 2.08. The molecule has 0 saturated heterocycles. The predicted octanol–water partition coefficient (Wildman–Crippen LogP) is 2.90. The normalized spacial score (nSPS) is 15.7. The van der Waals surface area contributed by atoms with Gasteiger partial charge in [-0.2, -0.15) is 0 Å². The second kappa shape index (κ2) is 7.40. The van der Waals surface area contributed by atoms with Gasteiger partial charge in [0.25, 0.3) is 0 Å². The van der Waals surface area contributed by atoms with Gasteiger partial charge in [-0.05, 0) is 24.1 Å². The van der Waals surface area contributed by atoms with E-state index >= 15 is 0 Å². The van der Waals surface area contributed by atoms with Crippen molar-refractivity contribution in [3.63, 3.8) is 0 Å². The van der Waals surface area contributed by atoms with E-state index in [4.69, 9.17) is 0 Å². The molecule has 0 bridgehead atoms. The number of anilines is 1. The first-order valence-electron chi connectivity index (χ1n) is 6.83. The third-order valence-electron chi connectivity index (χ3n) is 3.19. The Morgan fingerprint density at radius 3 is 2.81 bits per heavy atom. The summed E-state index contributed by atoms with van der Waals surface area (Å²) < 4.78 is 0. The Labute approximate surface area is 123 Å². The minimum atomic E-state index is -0.543. The van der Waals surface area contributed by atoms with Gasteiger partial charge in [0, 0.05) is 18.3 Å². The Morgan fingerprint density at radius 1 is 1.33 bits per heavy atom. The average molecular weight is 286 g/mol. The molecule has 1 aliphatic rings. The highest BCUT2D eigenvalue weighted by Gasteiger charge is 2.12. The first-order chi connectivity index (χ1) is 10.1. The van der Waals surface area contributed by atoms with Gasteiger partial charge in [-0.15, -0.1) is 0 Å². The van der Waals surface area contributed by atoms with Gasteiger partial charge in [0.1, 0.15) is 0 Å². The van der Waals surface area contributed by atoms with E-state index in [0.717, 1.165) is 11.3 Å². The lowest BCUT2D eigenvalue weighted by atomic mass is 10.1. The highest BCUT2D eigenvalue weighted by atomic mass is 16.6. The summed E-state index contributed by atoms with van der Waals surface area (Å²) >= 11 is 0. The van der Waals surface area contributed by atoms with Crippen LogP contribution in [0.1, 0.15) is 12.8 Å². The molecule has 21 heavy (non-hydrogen) atoms. The van der Waals surface area contributed by atoms with Crippen LogP contribution in [0.4, 0.5) is 5.69 Å². The number of allylic oxidation sites excluding steroid dienone is 4. The summed E-state index contributed by atoms with van der Waals surface area (Å²) in [4.78, 5) is 10.3. The van der Waals surface area contributed by atoms with E-state index in [9.17, 15) is 15.2 Å². The fourth-order valence-corrected chi connectivity index (χ4v) is 2.08. The van der Waals surface area contributed by atoms with Crippen molar-refractivity contribution in [2.45, 2.75) is 18.9 Å². The maximum atomic E-state index is 10.7. The van der Waals surface area contributed by atoms with Crippen LogP contribution in [0.25, 0.3) is 0 Å². The summed E-state index contributed by atoms with van der Waals surface area (Å²) in [6, 6.07) is 9.66. The van der Waals surface area contributed by atoms with Crippen molar-refractivity contribution >= 4 is 5.69 Å². The minimum absolute atomic E-state index is 0.165. The summed E-state index contributed by atoms with van der Waals surface area (Å²) in [5.41, 5.74) is 2.03. The maximum Gasteiger partial charge on any atom is 0.249 e. The molecule has 0 aliphatic heterocycles. The molecule has 2 rings (SSSR count). The van der Waals surface area contributed by atoms with Crippen LogP contribution in [-0.4, -0.2) is 22.7 Å². The molecule has 0 heterocycles. The van der Waals surface area contributed by atoms with Crippen molar-refractivity contribution in [1.82, 2.24) is 0 Å². The van der Waals surface area contributed by atoms with Crippen molar-refractivity contribution in [3.05, 3.63) is 76.0 Å². The largest absolute Gasteiger partial charge is 0.391 e. The number of hydrogen-bond donors (Lipinski definition) is 2. The number of hydrogen-bond acceptors (Lipinski definition) is 4. The Bertz CT molecular complexity index is 576. The fraction of sp³-hybridized carbons (Fsp3) is 0.250. The molecule has 5 heteroatoms. The van der Waals surface area contributed by atoms with E-state index in [1.807, 2.05) is 36.4 Å². The molecular weight excluding hydrogens is 268 g/mol. The zero-order valence-electron chi connectivity index (χ0n) is 11.6. The van der Waals surface area contributed by atoms with Gasteiger partial charge in [0.05, 0.1) is 17.4 Å². The van der Waals surface area contributed by atoms with Gasteiger partial charge in [0.2, 0.25) is 5.70 Å². The predicted molar refractivity (Wildman–Crippen MR) is 82.5 cm³/mol. The molecule has 1 aromatic rings. The molecule has 1 aliphatic carbocycles. The Morgan fingerprint density at radius 2 is 2.10 bits per heavy atom. The number of para-hydroxylation sites is 1. The lowest BCUT2D eigenvalue weighted by Crippen LogP contribution is -2.19. The molecule has 0 spiro atoms. The third kappa shape index (κ3) is 4.89. The lowest BCUT2D eigenvalue weighted by Gasteiger charge is -2.13. The van der Waals surface area contributed by atoms with E-state index in [1.54, 1.807) is 12.2 Å². The monoisotopic (exact) mass is 286 g/mol. The molecular formula is C16H18N2O3. The van der Waals surface area contributed by atoms with Gasteiger partial charge in [-0.1, -0.05) is 36.4 Å². The van der Waals surface area contributed by atoms with Crippen molar-refractivity contribution < 1.29 is 10.0 Å². The van der Waals surface area contributed by atoms with Crippen LogP contribution in [0.5, 0.6) is 0 Å². The standard InChI is InChI=1S/C16H18N2O3/c19-16(12-17-14-6-2-1-3-7-14)11-13-5-4-8-15(10-9-13)18(20)21/h1-9,16-17,19H,10-12H2. The van der Waals surface area contributed by atoms with Crippen molar-refractivity contribution in [2.24, 2.45) is 0 Å². The molecule has 1 unspecified atom stereocenters. The summed E-state index contributed by atoms with van der Waals surface area (Å²) in [5, 5.41) is 23.9. The topological polar surface area (TPSA) is 75.4 Å². The highest BCUT2D eigenvalue weighted by Crippen LogP contribution is 2.16. The third-order valence-corrected chi connectivity index (χ3v) is 3.19. The summed E-state index contributed by atoms with van der Waals surface area (Å²) in [6.07, 6.45) is 6.97. The zero-order valence-corrected chi connectivity index (χ0v) is 11.6. The number of benzene rings is 1. The number of nitrogens with zero attached hydrogens (tertiary/aromatic N) is 1.